The van der Waals surface area contributed by atoms with Crippen molar-refractivity contribution in [1.29, 1.82) is 0 Å². The summed E-state index contributed by atoms with van der Waals surface area (Å²) in [5.74, 6) is -0.433. The summed E-state index contributed by atoms with van der Waals surface area (Å²) in [4.78, 5) is 12.1. The lowest BCUT2D eigenvalue weighted by Gasteiger charge is -2.12. The van der Waals surface area contributed by atoms with Gasteiger partial charge in [0, 0.05) is 16.6 Å². The van der Waals surface area contributed by atoms with Crippen molar-refractivity contribution < 1.29 is 18.7 Å². The topological polar surface area (TPSA) is 47.6 Å². The van der Waals surface area contributed by atoms with Crippen LogP contribution in [0.2, 0.25) is 0 Å². The number of amides is 1. The number of methoxy groups -OCH3 is 2. The zero-order chi connectivity index (χ0) is 16.1. The molecule has 0 aliphatic carbocycles. The fourth-order valence-corrected chi connectivity index (χ4v) is 2.20. The van der Waals surface area contributed by atoms with Crippen molar-refractivity contribution in [2.75, 3.05) is 19.5 Å². The molecule has 22 heavy (non-hydrogen) atoms. The lowest BCUT2D eigenvalue weighted by molar-refractivity contribution is -0.115. The molecule has 0 fully saturated rings. The molecule has 1 amide bonds. The Morgan fingerprint density at radius 3 is 2.36 bits per heavy atom. The molecule has 2 aromatic rings. The average molecular weight is 368 g/mol. The van der Waals surface area contributed by atoms with Crippen molar-refractivity contribution in [2.24, 2.45) is 0 Å². The van der Waals surface area contributed by atoms with Crippen molar-refractivity contribution in [2.45, 2.75) is 6.42 Å². The van der Waals surface area contributed by atoms with Gasteiger partial charge in [0.2, 0.25) is 5.91 Å². The van der Waals surface area contributed by atoms with Crippen LogP contribution in [-0.4, -0.2) is 20.1 Å². The van der Waals surface area contributed by atoms with Gasteiger partial charge >= 0.3 is 0 Å². The number of hydrogen-bond donors (Lipinski definition) is 1. The zero-order valence-corrected chi connectivity index (χ0v) is 13.7. The fraction of sp³-hybridized carbons (Fsp3) is 0.188. The predicted octanol–water partition coefficient (Wildman–Crippen LogP) is 3.79. The SMILES string of the molecule is COc1cc(OC)c(NC(=O)Cc2ccc(Br)cc2)cc1F. The fourth-order valence-electron chi connectivity index (χ4n) is 1.94. The molecule has 0 spiro atoms. The second-order valence-corrected chi connectivity index (χ2v) is 5.45. The highest BCUT2D eigenvalue weighted by atomic mass is 79.9. The number of benzene rings is 2. The van der Waals surface area contributed by atoms with Crippen LogP contribution in [0.5, 0.6) is 11.5 Å². The maximum absolute atomic E-state index is 13.8. The summed E-state index contributed by atoms with van der Waals surface area (Å²) in [5, 5.41) is 2.65. The van der Waals surface area contributed by atoms with Gasteiger partial charge in [0.15, 0.2) is 11.6 Å². The summed E-state index contributed by atoms with van der Waals surface area (Å²) in [6.07, 6.45) is 0.185. The van der Waals surface area contributed by atoms with Crippen LogP contribution in [0.15, 0.2) is 40.9 Å². The monoisotopic (exact) mass is 367 g/mol. The van der Waals surface area contributed by atoms with E-state index in [1.165, 1.54) is 26.4 Å². The summed E-state index contributed by atoms with van der Waals surface area (Å²) in [5.41, 5.74) is 1.12. The summed E-state index contributed by atoms with van der Waals surface area (Å²) >= 11 is 3.34. The van der Waals surface area contributed by atoms with Crippen LogP contribution in [0, 0.1) is 5.82 Å². The Bertz CT molecular complexity index is 674. The first-order valence-corrected chi connectivity index (χ1v) is 7.28. The van der Waals surface area contributed by atoms with Gasteiger partial charge in [0.05, 0.1) is 26.3 Å². The Balaban J connectivity index is 2.14. The Morgan fingerprint density at radius 1 is 1.14 bits per heavy atom. The van der Waals surface area contributed by atoms with Crippen molar-refractivity contribution >= 4 is 27.5 Å². The molecular formula is C16H15BrFNO3. The zero-order valence-electron chi connectivity index (χ0n) is 12.2. The number of carbonyl (C=O) groups excluding carboxylic acids is 1. The quantitative estimate of drug-likeness (QED) is 0.874. The third-order valence-electron chi connectivity index (χ3n) is 3.03. The second-order valence-electron chi connectivity index (χ2n) is 4.54. The van der Waals surface area contributed by atoms with E-state index >= 15 is 0 Å². The highest BCUT2D eigenvalue weighted by molar-refractivity contribution is 9.10. The third kappa shape index (κ3) is 3.98. The van der Waals surface area contributed by atoms with Crippen molar-refractivity contribution in [3.63, 3.8) is 0 Å². The molecule has 0 aromatic heterocycles. The minimum atomic E-state index is -0.567. The van der Waals surface area contributed by atoms with E-state index in [1.807, 2.05) is 24.3 Å². The molecule has 2 aromatic carbocycles. The molecule has 0 saturated heterocycles. The number of anilines is 1. The molecule has 0 unspecified atom stereocenters. The van der Waals surface area contributed by atoms with Crippen LogP contribution < -0.4 is 14.8 Å². The van der Waals surface area contributed by atoms with E-state index < -0.39 is 5.82 Å². The Labute approximate surface area is 136 Å². The number of nitrogens with one attached hydrogen (secondary N) is 1. The number of ether oxygens (including phenoxy) is 2. The van der Waals surface area contributed by atoms with Gasteiger partial charge in [-0.3, -0.25) is 4.79 Å². The van der Waals surface area contributed by atoms with E-state index in [1.54, 1.807) is 0 Å². The lowest BCUT2D eigenvalue weighted by Crippen LogP contribution is -2.15. The molecular weight excluding hydrogens is 353 g/mol. The van der Waals surface area contributed by atoms with Crippen molar-refractivity contribution in [3.05, 3.63) is 52.3 Å². The summed E-state index contributed by atoms with van der Waals surface area (Å²) < 4.78 is 24.7. The maximum Gasteiger partial charge on any atom is 0.228 e. The van der Waals surface area contributed by atoms with Gasteiger partial charge in [0.25, 0.3) is 0 Å². The number of rotatable bonds is 5. The largest absolute Gasteiger partial charge is 0.494 e. The van der Waals surface area contributed by atoms with Crippen LogP contribution in [0.3, 0.4) is 0 Å². The van der Waals surface area contributed by atoms with Gasteiger partial charge in [0.1, 0.15) is 5.75 Å². The van der Waals surface area contributed by atoms with Gasteiger partial charge < -0.3 is 14.8 Å². The molecule has 4 nitrogen and oxygen atoms in total. The van der Waals surface area contributed by atoms with E-state index in [9.17, 15) is 9.18 Å². The average Bonchev–Trinajstić information content (AvgIpc) is 2.50. The lowest BCUT2D eigenvalue weighted by atomic mass is 10.1. The predicted molar refractivity (Wildman–Crippen MR) is 86.0 cm³/mol. The smallest absolute Gasteiger partial charge is 0.228 e. The molecule has 6 heteroatoms. The first-order valence-electron chi connectivity index (χ1n) is 6.49. The molecule has 0 aliphatic rings. The van der Waals surface area contributed by atoms with Gasteiger partial charge in [-0.2, -0.15) is 0 Å². The van der Waals surface area contributed by atoms with Crippen LogP contribution in [0.25, 0.3) is 0 Å². The van der Waals surface area contributed by atoms with Crippen LogP contribution >= 0.6 is 15.9 Å². The molecule has 0 radical (unpaired) electrons. The van der Waals surface area contributed by atoms with Crippen LogP contribution in [-0.2, 0) is 11.2 Å². The molecule has 2 rings (SSSR count). The minimum absolute atomic E-state index is 0.0581. The van der Waals surface area contributed by atoms with Gasteiger partial charge in [-0.25, -0.2) is 4.39 Å². The summed E-state index contributed by atoms with van der Waals surface area (Å²) in [7, 11) is 2.81. The van der Waals surface area contributed by atoms with Crippen molar-refractivity contribution in [3.8, 4) is 11.5 Å². The van der Waals surface area contributed by atoms with Crippen molar-refractivity contribution in [1.82, 2.24) is 0 Å². The minimum Gasteiger partial charge on any atom is -0.494 e. The van der Waals surface area contributed by atoms with E-state index in [2.05, 4.69) is 21.2 Å². The molecule has 0 atom stereocenters. The first-order chi connectivity index (χ1) is 10.5. The first kappa shape index (κ1) is 16.3. The molecule has 1 N–H and O–H groups in total. The van der Waals surface area contributed by atoms with E-state index in [-0.39, 0.29) is 23.8 Å². The Morgan fingerprint density at radius 2 is 1.77 bits per heavy atom. The van der Waals surface area contributed by atoms with E-state index in [4.69, 9.17) is 9.47 Å². The van der Waals surface area contributed by atoms with E-state index in [0.29, 0.717) is 5.75 Å². The van der Waals surface area contributed by atoms with Crippen LogP contribution in [0.4, 0.5) is 10.1 Å². The Kier molecular flexibility index (Phi) is 5.38. The van der Waals surface area contributed by atoms with Gasteiger partial charge in [-0.15, -0.1) is 0 Å². The third-order valence-corrected chi connectivity index (χ3v) is 3.55. The molecule has 116 valence electrons. The number of hydrogen-bond acceptors (Lipinski definition) is 3. The van der Waals surface area contributed by atoms with Gasteiger partial charge in [-0.1, -0.05) is 28.1 Å². The maximum atomic E-state index is 13.8. The Hall–Kier alpha value is -2.08. The number of carbonyl (C=O) groups is 1. The molecule has 0 heterocycles. The summed E-state index contributed by atoms with van der Waals surface area (Å²) in [6, 6.07) is 9.97. The second kappa shape index (κ2) is 7.26. The molecule has 0 saturated carbocycles. The highest BCUT2D eigenvalue weighted by Crippen LogP contribution is 2.32. The summed E-state index contributed by atoms with van der Waals surface area (Å²) in [6.45, 7) is 0. The molecule has 0 bridgehead atoms. The highest BCUT2D eigenvalue weighted by Gasteiger charge is 2.13. The normalized spacial score (nSPS) is 10.2. The number of halogens is 2. The van der Waals surface area contributed by atoms with Gasteiger partial charge in [-0.05, 0) is 17.7 Å². The standard InChI is InChI=1S/C16H15BrFNO3/c1-21-14-9-15(22-2)13(8-12(14)18)19-16(20)7-10-3-5-11(17)6-4-10/h3-6,8-9H,7H2,1-2H3,(H,19,20). The van der Waals surface area contributed by atoms with E-state index in [0.717, 1.165) is 10.0 Å². The molecule has 0 aliphatic heterocycles. The van der Waals surface area contributed by atoms with Crippen LogP contribution in [0.1, 0.15) is 5.56 Å².